The van der Waals surface area contributed by atoms with Crippen molar-refractivity contribution >= 4 is 61.0 Å². The molecule has 3 aromatic rings. The number of nitriles is 1. The number of amides is 1. The van der Waals surface area contributed by atoms with Crippen LogP contribution in [-0.4, -0.2) is 25.9 Å². The zero-order valence-corrected chi connectivity index (χ0v) is 22.1. The number of ether oxygens (including phenoxy) is 1. The van der Waals surface area contributed by atoms with Gasteiger partial charge in [-0.3, -0.25) is 14.9 Å². The zero-order chi connectivity index (χ0) is 27.2. The van der Waals surface area contributed by atoms with Gasteiger partial charge in [-0.15, -0.1) is 0 Å². The molecule has 1 amide bonds. The normalized spacial score (nSPS) is 11.4. The number of halogens is 2. The second kappa shape index (κ2) is 11.9. The molecular weight excluding hydrogens is 590 g/mol. The van der Waals surface area contributed by atoms with Crippen LogP contribution in [0.3, 0.4) is 0 Å². The van der Waals surface area contributed by atoms with E-state index in [1.54, 1.807) is 25.1 Å². The van der Waals surface area contributed by atoms with Crippen molar-refractivity contribution in [1.82, 2.24) is 0 Å². The van der Waals surface area contributed by atoms with Crippen LogP contribution in [0.2, 0.25) is 5.02 Å². The summed E-state index contributed by atoms with van der Waals surface area (Å²) in [6.45, 7) is 1.79. The molecular formula is C24H17BrClN3O7S. The van der Waals surface area contributed by atoms with Gasteiger partial charge in [0.05, 0.1) is 16.0 Å². The van der Waals surface area contributed by atoms with Crippen molar-refractivity contribution < 1.29 is 27.1 Å². The Morgan fingerprint density at radius 3 is 2.59 bits per heavy atom. The van der Waals surface area contributed by atoms with Gasteiger partial charge in [0.25, 0.3) is 11.6 Å². The third-order valence-corrected chi connectivity index (χ3v) is 6.64. The van der Waals surface area contributed by atoms with Crippen molar-refractivity contribution in [3.63, 3.8) is 0 Å². The first-order chi connectivity index (χ1) is 17.5. The summed E-state index contributed by atoms with van der Waals surface area (Å²) in [5.74, 6) is -0.913. The average molecular weight is 607 g/mol. The van der Waals surface area contributed by atoms with Crippen LogP contribution < -0.4 is 14.2 Å². The minimum atomic E-state index is -4.48. The maximum atomic E-state index is 12.8. The van der Waals surface area contributed by atoms with Crippen LogP contribution in [0.4, 0.5) is 11.4 Å². The summed E-state index contributed by atoms with van der Waals surface area (Å²) in [5, 5.41) is 23.5. The fourth-order valence-corrected chi connectivity index (χ4v) is 4.84. The standard InChI is InChI=1S/C24H17BrClN3O7S/c1-2-35-22-11-15(9-16(14-27)24(30)28-18-6-3-5-17(26)12-18)10-21(25)23(22)36-37(33,34)20-8-4-7-19(13-20)29(31)32/h3-13H,2H2,1H3,(H,28,30)/b16-9+. The highest BCUT2D eigenvalue weighted by molar-refractivity contribution is 9.10. The molecule has 0 saturated heterocycles. The molecule has 10 nitrogen and oxygen atoms in total. The Balaban J connectivity index is 1.96. The van der Waals surface area contributed by atoms with E-state index < -0.39 is 31.5 Å². The molecule has 13 heteroatoms. The summed E-state index contributed by atoms with van der Waals surface area (Å²) in [6, 6.07) is 15.4. The number of anilines is 1. The molecule has 0 fully saturated rings. The molecule has 0 atom stereocenters. The maximum absolute atomic E-state index is 12.8. The van der Waals surface area contributed by atoms with Gasteiger partial charge in [-0.05, 0) is 70.9 Å². The van der Waals surface area contributed by atoms with E-state index in [2.05, 4.69) is 21.2 Å². The van der Waals surface area contributed by atoms with Crippen LogP contribution in [0.25, 0.3) is 6.08 Å². The third-order valence-electron chi connectivity index (χ3n) is 4.60. The SMILES string of the molecule is CCOc1cc(/C=C(\C#N)C(=O)Nc2cccc(Cl)c2)cc(Br)c1OS(=O)(=O)c1cccc([N+](=O)[O-])c1. The summed E-state index contributed by atoms with van der Waals surface area (Å²) >= 11 is 9.16. The van der Waals surface area contributed by atoms with Crippen LogP contribution in [0, 0.1) is 21.4 Å². The molecule has 0 heterocycles. The number of non-ortho nitro benzene ring substituents is 1. The lowest BCUT2D eigenvalue weighted by atomic mass is 10.1. The number of rotatable bonds is 9. The van der Waals surface area contributed by atoms with Crippen molar-refractivity contribution in [2.24, 2.45) is 0 Å². The van der Waals surface area contributed by atoms with E-state index in [-0.39, 0.29) is 28.2 Å². The van der Waals surface area contributed by atoms with Gasteiger partial charge in [0.15, 0.2) is 11.5 Å². The lowest BCUT2D eigenvalue weighted by Gasteiger charge is -2.14. The maximum Gasteiger partial charge on any atom is 0.339 e. The Kier molecular flexibility index (Phi) is 8.88. The van der Waals surface area contributed by atoms with Gasteiger partial charge in [-0.2, -0.15) is 13.7 Å². The van der Waals surface area contributed by atoms with Crippen LogP contribution in [0.15, 0.2) is 75.6 Å². The Morgan fingerprint density at radius 2 is 1.95 bits per heavy atom. The van der Waals surface area contributed by atoms with E-state index in [9.17, 15) is 28.6 Å². The summed E-state index contributed by atoms with van der Waals surface area (Å²) in [7, 11) is -4.48. The smallest absolute Gasteiger partial charge is 0.339 e. The molecule has 0 aliphatic heterocycles. The van der Waals surface area contributed by atoms with Gasteiger partial charge in [-0.1, -0.05) is 23.7 Å². The van der Waals surface area contributed by atoms with Gasteiger partial charge in [0.2, 0.25) is 0 Å². The van der Waals surface area contributed by atoms with E-state index >= 15 is 0 Å². The largest absolute Gasteiger partial charge is 0.490 e. The monoisotopic (exact) mass is 605 g/mol. The first-order valence-electron chi connectivity index (χ1n) is 10.4. The Labute approximate surface area is 225 Å². The lowest BCUT2D eigenvalue weighted by molar-refractivity contribution is -0.385. The highest BCUT2D eigenvalue weighted by Crippen LogP contribution is 2.39. The number of carbonyl (C=O) groups is 1. The second-order valence-electron chi connectivity index (χ2n) is 7.19. The van der Waals surface area contributed by atoms with E-state index in [1.165, 1.54) is 30.3 Å². The average Bonchev–Trinajstić information content (AvgIpc) is 2.84. The molecule has 37 heavy (non-hydrogen) atoms. The summed E-state index contributed by atoms with van der Waals surface area (Å²) in [5.41, 5.74) is 0.0553. The molecule has 0 aliphatic carbocycles. The Morgan fingerprint density at radius 1 is 1.22 bits per heavy atom. The van der Waals surface area contributed by atoms with Crippen molar-refractivity contribution in [3.05, 3.63) is 91.4 Å². The van der Waals surface area contributed by atoms with Gasteiger partial charge in [-0.25, -0.2) is 0 Å². The fraction of sp³-hybridized carbons (Fsp3) is 0.0833. The van der Waals surface area contributed by atoms with Crippen LogP contribution in [-0.2, 0) is 14.9 Å². The molecule has 0 aliphatic rings. The number of nitro groups is 1. The van der Waals surface area contributed by atoms with Crippen molar-refractivity contribution in [3.8, 4) is 17.6 Å². The van der Waals surface area contributed by atoms with Crippen molar-refractivity contribution in [2.75, 3.05) is 11.9 Å². The Hall–Kier alpha value is -3.92. The minimum absolute atomic E-state index is 0.00956. The van der Waals surface area contributed by atoms with Gasteiger partial charge in [0.1, 0.15) is 16.5 Å². The predicted molar refractivity (Wildman–Crippen MR) is 140 cm³/mol. The molecule has 0 bridgehead atoms. The summed E-state index contributed by atoms with van der Waals surface area (Å²) < 4.78 is 36.6. The fourth-order valence-electron chi connectivity index (χ4n) is 3.01. The molecule has 1 N–H and O–H groups in total. The number of carbonyl (C=O) groups excluding carboxylic acids is 1. The van der Waals surface area contributed by atoms with Crippen LogP contribution in [0.5, 0.6) is 11.5 Å². The number of nitro benzene ring substituents is 1. The first-order valence-corrected chi connectivity index (χ1v) is 13.0. The molecule has 190 valence electrons. The highest BCUT2D eigenvalue weighted by atomic mass is 79.9. The number of benzene rings is 3. The van der Waals surface area contributed by atoms with E-state index in [0.29, 0.717) is 16.3 Å². The number of hydrogen-bond acceptors (Lipinski definition) is 8. The zero-order valence-electron chi connectivity index (χ0n) is 19.0. The Bertz CT molecular complexity index is 1550. The van der Waals surface area contributed by atoms with Crippen LogP contribution >= 0.6 is 27.5 Å². The van der Waals surface area contributed by atoms with E-state index in [1.807, 2.05) is 6.07 Å². The molecule has 0 saturated carbocycles. The van der Waals surface area contributed by atoms with Crippen molar-refractivity contribution in [1.29, 1.82) is 5.26 Å². The predicted octanol–water partition coefficient (Wildman–Crippen LogP) is 5.72. The molecule has 0 spiro atoms. The van der Waals surface area contributed by atoms with Gasteiger partial charge >= 0.3 is 10.1 Å². The molecule has 0 radical (unpaired) electrons. The quantitative estimate of drug-likeness (QED) is 0.107. The number of nitrogens with zero attached hydrogens (tertiary/aromatic N) is 2. The number of hydrogen-bond donors (Lipinski definition) is 1. The number of nitrogens with one attached hydrogen (secondary N) is 1. The summed E-state index contributed by atoms with van der Waals surface area (Å²) in [4.78, 5) is 22.5. The van der Waals surface area contributed by atoms with Gasteiger partial charge < -0.3 is 14.2 Å². The van der Waals surface area contributed by atoms with E-state index in [4.69, 9.17) is 20.5 Å². The lowest BCUT2D eigenvalue weighted by Crippen LogP contribution is -2.13. The van der Waals surface area contributed by atoms with Crippen LogP contribution in [0.1, 0.15) is 12.5 Å². The third kappa shape index (κ3) is 7.07. The van der Waals surface area contributed by atoms with Gasteiger partial charge in [0, 0.05) is 22.8 Å². The molecule has 0 aromatic heterocycles. The topological polar surface area (TPSA) is 149 Å². The minimum Gasteiger partial charge on any atom is -0.490 e. The second-order valence-corrected chi connectivity index (χ2v) is 10.0. The molecule has 3 aromatic carbocycles. The van der Waals surface area contributed by atoms with E-state index in [0.717, 1.165) is 18.2 Å². The highest BCUT2D eigenvalue weighted by Gasteiger charge is 2.24. The van der Waals surface area contributed by atoms with Crippen molar-refractivity contribution in [2.45, 2.75) is 11.8 Å². The molecule has 0 unspecified atom stereocenters. The molecule has 3 rings (SSSR count). The summed E-state index contributed by atoms with van der Waals surface area (Å²) in [6.07, 6.45) is 1.28. The first kappa shape index (κ1) is 27.7.